The van der Waals surface area contributed by atoms with E-state index in [1.165, 1.54) is 19.2 Å². The van der Waals surface area contributed by atoms with Crippen LogP contribution in [-0.2, 0) is 9.53 Å². The lowest BCUT2D eigenvalue weighted by Gasteiger charge is -2.16. The fraction of sp³-hybridized carbons (Fsp3) is 0.364. The number of hydrogen-bond donors (Lipinski definition) is 1. The molecule has 1 amide bonds. The average molecular weight is 450 g/mol. The highest BCUT2D eigenvalue weighted by atomic mass is 35.5. The number of hydrogen-bond acceptors (Lipinski definition) is 7. The van der Waals surface area contributed by atoms with Crippen molar-refractivity contribution in [1.82, 2.24) is 0 Å². The van der Waals surface area contributed by atoms with Gasteiger partial charge in [-0.25, -0.2) is 4.79 Å². The summed E-state index contributed by atoms with van der Waals surface area (Å²) in [6, 6.07) is 7.93. The molecular formula is C22H24ClNO7. The first-order chi connectivity index (χ1) is 14.9. The zero-order valence-corrected chi connectivity index (χ0v) is 18.3. The number of methoxy groups -OCH3 is 1. The summed E-state index contributed by atoms with van der Waals surface area (Å²) in [5.41, 5.74) is 0.645. The standard InChI is InChI=1S/C22H24ClNO7/c1-13(2)31-21-16(23)9-14(10-19(21)27-3)22(26)30-12-20(25)24-15-5-6-17-18(11-15)29-8-4-7-28-17/h5-6,9-11,13H,4,7-8,12H2,1-3H3,(H,24,25). The maximum absolute atomic E-state index is 12.4. The van der Waals surface area contributed by atoms with E-state index in [0.717, 1.165) is 6.42 Å². The molecule has 1 heterocycles. The minimum absolute atomic E-state index is 0.127. The molecule has 2 aromatic carbocycles. The second-order valence-corrected chi connectivity index (χ2v) is 7.40. The normalized spacial score (nSPS) is 12.7. The fourth-order valence-corrected chi connectivity index (χ4v) is 3.10. The largest absolute Gasteiger partial charge is 0.493 e. The molecule has 0 radical (unpaired) electrons. The number of rotatable bonds is 7. The molecule has 0 aromatic heterocycles. The lowest BCUT2D eigenvalue weighted by molar-refractivity contribution is -0.119. The molecule has 0 aliphatic carbocycles. The Kier molecular flexibility index (Phi) is 7.46. The molecule has 31 heavy (non-hydrogen) atoms. The quantitative estimate of drug-likeness (QED) is 0.636. The lowest BCUT2D eigenvalue weighted by atomic mass is 10.2. The van der Waals surface area contributed by atoms with Crippen molar-refractivity contribution in [3.8, 4) is 23.0 Å². The van der Waals surface area contributed by atoms with E-state index in [0.29, 0.717) is 41.9 Å². The Labute approximate surface area is 185 Å². The fourth-order valence-electron chi connectivity index (χ4n) is 2.84. The van der Waals surface area contributed by atoms with Crippen molar-refractivity contribution in [1.29, 1.82) is 0 Å². The molecule has 0 bridgehead atoms. The number of ether oxygens (including phenoxy) is 5. The molecule has 3 rings (SSSR count). The molecule has 0 saturated heterocycles. The summed E-state index contributed by atoms with van der Waals surface area (Å²) in [6.45, 7) is 4.33. The molecule has 1 aliphatic heterocycles. The van der Waals surface area contributed by atoms with Gasteiger partial charge in [-0.05, 0) is 38.1 Å². The van der Waals surface area contributed by atoms with Crippen molar-refractivity contribution in [2.75, 3.05) is 32.2 Å². The highest BCUT2D eigenvalue weighted by Crippen LogP contribution is 2.37. The molecule has 0 saturated carbocycles. The van der Waals surface area contributed by atoms with Crippen LogP contribution in [0.1, 0.15) is 30.6 Å². The van der Waals surface area contributed by atoms with E-state index in [9.17, 15) is 9.59 Å². The molecule has 1 aliphatic rings. The molecule has 166 valence electrons. The Hall–Kier alpha value is -3.13. The first-order valence-electron chi connectivity index (χ1n) is 9.78. The highest BCUT2D eigenvalue weighted by molar-refractivity contribution is 6.32. The Morgan fingerprint density at radius 2 is 1.87 bits per heavy atom. The van der Waals surface area contributed by atoms with E-state index in [2.05, 4.69) is 5.32 Å². The van der Waals surface area contributed by atoms with Crippen molar-refractivity contribution >= 4 is 29.2 Å². The first kappa shape index (κ1) is 22.6. The molecule has 0 unspecified atom stereocenters. The predicted octanol–water partition coefficient (Wildman–Crippen LogP) is 4.09. The van der Waals surface area contributed by atoms with Crippen LogP contribution >= 0.6 is 11.6 Å². The van der Waals surface area contributed by atoms with Crippen LogP contribution in [0.2, 0.25) is 5.02 Å². The number of halogens is 1. The van der Waals surface area contributed by atoms with Gasteiger partial charge in [0.05, 0.1) is 37.0 Å². The zero-order valence-electron chi connectivity index (χ0n) is 17.5. The number of esters is 1. The summed E-state index contributed by atoms with van der Waals surface area (Å²) in [5.74, 6) is 0.592. The van der Waals surface area contributed by atoms with E-state index in [-0.39, 0.29) is 16.7 Å². The van der Waals surface area contributed by atoms with Crippen LogP contribution < -0.4 is 24.3 Å². The van der Waals surface area contributed by atoms with Gasteiger partial charge in [-0.2, -0.15) is 0 Å². The Morgan fingerprint density at radius 1 is 1.13 bits per heavy atom. The minimum atomic E-state index is -0.717. The van der Waals surface area contributed by atoms with Gasteiger partial charge >= 0.3 is 5.97 Å². The second kappa shape index (κ2) is 10.3. The van der Waals surface area contributed by atoms with Crippen LogP contribution in [0.15, 0.2) is 30.3 Å². The molecule has 0 fully saturated rings. The summed E-state index contributed by atoms with van der Waals surface area (Å²) in [5, 5.41) is 2.87. The number of amides is 1. The van der Waals surface area contributed by atoms with Gasteiger partial charge in [0.1, 0.15) is 0 Å². The van der Waals surface area contributed by atoms with Crippen LogP contribution in [0.5, 0.6) is 23.0 Å². The van der Waals surface area contributed by atoms with Crippen LogP contribution in [-0.4, -0.2) is 44.9 Å². The zero-order chi connectivity index (χ0) is 22.4. The molecule has 0 atom stereocenters. The average Bonchev–Trinajstić information content (AvgIpc) is 2.98. The molecule has 0 spiro atoms. The van der Waals surface area contributed by atoms with Gasteiger partial charge in [0, 0.05) is 18.2 Å². The Bertz CT molecular complexity index is 961. The number of anilines is 1. The van der Waals surface area contributed by atoms with Gasteiger partial charge < -0.3 is 29.0 Å². The Balaban J connectivity index is 1.61. The van der Waals surface area contributed by atoms with Crippen molar-refractivity contribution in [3.05, 3.63) is 40.9 Å². The summed E-state index contributed by atoms with van der Waals surface area (Å²) in [4.78, 5) is 24.6. The Morgan fingerprint density at radius 3 is 2.58 bits per heavy atom. The maximum atomic E-state index is 12.4. The van der Waals surface area contributed by atoms with Gasteiger partial charge in [0.15, 0.2) is 29.6 Å². The van der Waals surface area contributed by atoms with E-state index >= 15 is 0 Å². The number of fused-ring (bicyclic) bond motifs is 1. The number of carbonyl (C=O) groups excluding carboxylic acids is 2. The minimum Gasteiger partial charge on any atom is -0.493 e. The van der Waals surface area contributed by atoms with E-state index in [1.807, 2.05) is 13.8 Å². The molecule has 1 N–H and O–H groups in total. The molecular weight excluding hydrogens is 426 g/mol. The summed E-state index contributed by atoms with van der Waals surface area (Å²) in [6.07, 6.45) is 0.656. The lowest BCUT2D eigenvalue weighted by Crippen LogP contribution is -2.21. The van der Waals surface area contributed by atoms with Gasteiger partial charge in [-0.1, -0.05) is 11.6 Å². The molecule has 9 heteroatoms. The smallest absolute Gasteiger partial charge is 0.338 e. The molecule has 8 nitrogen and oxygen atoms in total. The number of carbonyl (C=O) groups is 2. The van der Waals surface area contributed by atoms with Crippen LogP contribution in [0.25, 0.3) is 0 Å². The van der Waals surface area contributed by atoms with E-state index in [4.69, 9.17) is 35.3 Å². The van der Waals surface area contributed by atoms with E-state index < -0.39 is 18.5 Å². The van der Waals surface area contributed by atoms with Crippen LogP contribution in [0, 0.1) is 0 Å². The number of benzene rings is 2. The summed E-state index contributed by atoms with van der Waals surface area (Å²) in [7, 11) is 1.44. The van der Waals surface area contributed by atoms with Crippen molar-refractivity contribution < 1.29 is 33.3 Å². The van der Waals surface area contributed by atoms with Gasteiger partial charge in [-0.3, -0.25) is 4.79 Å². The third-order valence-electron chi connectivity index (χ3n) is 4.18. The van der Waals surface area contributed by atoms with Gasteiger partial charge in [0.25, 0.3) is 5.91 Å². The van der Waals surface area contributed by atoms with Crippen molar-refractivity contribution in [3.63, 3.8) is 0 Å². The summed E-state index contributed by atoms with van der Waals surface area (Å²) >= 11 is 6.23. The predicted molar refractivity (Wildman–Crippen MR) is 115 cm³/mol. The third kappa shape index (κ3) is 5.95. The monoisotopic (exact) mass is 449 g/mol. The number of nitrogens with one attached hydrogen (secondary N) is 1. The van der Waals surface area contributed by atoms with Gasteiger partial charge in [0.2, 0.25) is 0 Å². The summed E-state index contributed by atoms with van der Waals surface area (Å²) < 4.78 is 27.1. The maximum Gasteiger partial charge on any atom is 0.338 e. The highest BCUT2D eigenvalue weighted by Gasteiger charge is 2.19. The third-order valence-corrected chi connectivity index (χ3v) is 4.47. The van der Waals surface area contributed by atoms with Gasteiger partial charge in [-0.15, -0.1) is 0 Å². The topological polar surface area (TPSA) is 92.3 Å². The van der Waals surface area contributed by atoms with Crippen molar-refractivity contribution in [2.24, 2.45) is 0 Å². The first-order valence-corrected chi connectivity index (χ1v) is 10.2. The second-order valence-electron chi connectivity index (χ2n) is 6.99. The SMILES string of the molecule is COc1cc(C(=O)OCC(=O)Nc2ccc3c(c2)OCCCO3)cc(Cl)c1OC(C)C. The van der Waals surface area contributed by atoms with Crippen LogP contribution in [0.4, 0.5) is 5.69 Å². The van der Waals surface area contributed by atoms with Crippen LogP contribution in [0.3, 0.4) is 0 Å². The molecule has 2 aromatic rings. The van der Waals surface area contributed by atoms with E-state index in [1.54, 1.807) is 18.2 Å². The van der Waals surface area contributed by atoms with Crippen molar-refractivity contribution in [2.45, 2.75) is 26.4 Å².